The summed E-state index contributed by atoms with van der Waals surface area (Å²) in [5.74, 6) is -0.508. The Labute approximate surface area is 175 Å². The molecule has 0 atom stereocenters. The third-order valence-electron chi connectivity index (χ3n) is 5.24. The number of carbonyl (C=O) groups is 1. The zero-order valence-corrected chi connectivity index (χ0v) is 17.8. The Balaban J connectivity index is 1.41. The number of hydrogen-bond acceptors (Lipinski definition) is 7. The molecule has 0 bridgehead atoms. The van der Waals surface area contributed by atoms with Crippen molar-refractivity contribution < 1.29 is 22.1 Å². The fourth-order valence-electron chi connectivity index (χ4n) is 3.30. The van der Waals surface area contributed by atoms with Gasteiger partial charge in [-0.1, -0.05) is 12.1 Å². The summed E-state index contributed by atoms with van der Waals surface area (Å²) in [6.45, 7) is 5.91. The molecule has 1 aromatic heterocycles. The first kappa shape index (κ1) is 22.4. The van der Waals surface area contributed by atoms with E-state index in [-0.39, 0.29) is 28.8 Å². The van der Waals surface area contributed by atoms with Crippen molar-refractivity contribution in [2.24, 2.45) is 5.92 Å². The predicted molar refractivity (Wildman–Crippen MR) is 108 cm³/mol. The van der Waals surface area contributed by atoms with E-state index >= 15 is 0 Å². The van der Waals surface area contributed by atoms with Gasteiger partial charge in [0.15, 0.2) is 15.7 Å². The molecule has 2 heterocycles. The number of aryl methyl sites for hydroxylation is 1. The molecule has 1 N–H and O–H groups in total. The van der Waals surface area contributed by atoms with Gasteiger partial charge in [0.2, 0.25) is 0 Å². The lowest BCUT2D eigenvalue weighted by Gasteiger charge is -2.30. The smallest absolute Gasteiger partial charge is 0.315 e. The number of benzene rings is 1. The van der Waals surface area contributed by atoms with Crippen molar-refractivity contribution in [3.63, 3.8) is 0 Å². The van der Waals surface area contributed by atoms with Crippen LogP contribution in [0.25, 0.3) is 0 Å². The second-order valence-electron chi connectivity index (χ2n) is 7.67. The molecule has 1 aromatic carbocycles. The molecule has 1 amide bonds. The number of nitrogens with one attached hydrogen (secondary N) is 1. The number of hydrogen-bond donors (Lipinski definition) is 1. The molecule has 164 valence electrons. The molecule has 30 heavy (non-hydrogen) atoms. The molecule has 10 heteroatoms. The highest BCUT2D eigenvalue weighted by Gasteiger charge is 2.19. The van der Waals surface area contributed by atoms with Gasteiger partial charge >= 0.3 is 11.8 Å². The maximum atomic E-state index is 13.0. The summed E-state index contributed by atoms with van der Waals surface area (Å²) in [5, 5.41) is 6.43. The molecule has 0 aliphatic carbocycles. The Morgan fingerprint density at radius 1 is 1.27 bits per heavy atom. The molecule has 0 radical (unpaired) electrons. The van der Waals surface area contributed by atoms with Crippen LogP contribution in [0.5, 0.6) is 0 Å². The predicted octanol–water partition coefficient (Wildman–Crippen LogP) is 2.08. The van der Waals surface area contributed by atoms with E-state index in [9.17, 15) is 17.6 Å². The van der Waals surface area contributed by atoms with Crippen molar-refractivity contribution in [3.05, 3.63) is 41.8 Å². The average molecular weight is 439 g/mol. The van der Waals surface area contributed by atoms with Crippen LogP contribution in [0.2, 0.25) is 0 Å². The minimum atomic E-state index is -3.61. The molecule has 1 aliphatic heterocycles. The number of carbonyl (C=O) groups excluding carboxylic acids is 1. The number of sulfone groups is 1. The number of amides is 1. The highest BCUT2D eigenvalue weighted by molar-refractivity contribution is 7.91. The minimum absolute atomic E-state index is 0.0100. The summed E-state index contributed by atoms with van der Waals surface area (Å²) in [4.78, 5) is 18.5. The van der Waals surface area contributed by atoms with Crippen molar-refractivity contribution in [1.82, 2.24) is 20.4 Å². The van der Waals surface area contributed by atoms with Gasteiger partial charge in [0.05, 0.1) is 10.6 Å². The Morgan fingerprint density at radius 2 is 1.97 bits per heavy atom. The fourth-order valence-corrected chi connectivity index (χ4v) is 4.54. The van der Waals surface area contributed by atoms with Crippen LogP contribution in [0.15, 0.2) is 33.7 Å². The molecule has 8 nitrogen and oxygen atoms in total. The largest absolute Gasteiger partial charge is 0.348 e. The maximum Gasteiger partial charge on any atom is 0.315 e. The molecule has 3 rings (SSSR count). The standard InChI is InChI=1S/C20H27FN4O4S/c1-15-7-12-25(13-8-15)11-2-10-22-19(26)20-23-18(24-29-20)9-14-30(27,28)17-5-3-16(21)4-6-17/h3-6,15H,2,7-14H2,1H3,(H,22,26). The Morgan fingerprint density at radius 3 is 2.67 bits per heavy atom. The van der Waals surface area contributed by atoms with Crippen molar-refractivity contribution in [2.45, 2.75) is 37.5 Å². The van der Waals surface area contributed by atoms with Crippen LogP contribution in [-0.4, -0.2) is 61.3 Å². The summed E-state index contributed by atoms with van der Waals surface area (Å²) in [6, 6.07) is 4.61. The highest BCUT2D eigenvalue weighted by Crippen LogP contribution is 2.16. The summed E-state index contributed by atoms with van der Waals surface area (Å²) in [5.41, 5.74) is 0. The summed E-state index contributed by atoms with van der Waals surface area (Å²) in [7, 11) is -3.61. The van der Waals surface area contributed by atoms with Crippen LogP contribution in [0, 0.1) is 11.7 Å². The molecule has 0 saturated carbocycles. The Bertz CT molecular complexity index is 938. The average Bonchev–Trinajstić information content (AvgIpc) is 3.21. The fraction of sp³-hybridized carbons (Fsp3) is 0.550. The first-order valence-corrected chi connectivity index (χ1v) is 11.8. The monoisotopic (exact) mass is 438 g/mol. The van der Waals surface area contributed by atoms with E-state index in [0.717, 1.165) is 44.1 Å². The van der Waals surface area contributed by atoms with Crippen LogP contribution >= 0.6 is 0 Å². The number of nitrogens with zero attached hydrogens (tertiary/aromatic N) is 3. The molecule has 1 fully saturated rings. The van der Waals surface area contributed by atoms with Gasteiger partial charge in [-0.05, 0) is 69.1 Å². The molecule has 1 saturated heterocycles. The van der Waals surface area contributed by atoms with E-state index in [4.69, 9.17) is 4.52 Å². The highest BCUT2D eigenvalue weighted by atomic mass is 32.2. The van der Waals surface area contributed by atoms with Gasteiger partial charge in [0, 0.05) is 13.0 Å². The minimum Gasteiger partial charge on any atom is -0.348 e. The number of piperidine rings is 1. The van der Waals surface area contributed by atoms with E-state index < -0.39 is 21.6 Å². The second kappa shape index (κ2) is 10.1. The summed E-state index contributed by atoms with van der Waals surface area (Å²) < 4.78 is 42.5. The maximum absolute atomic E-state index is 13.0. The van der Waals surface area contributed by atoms with Crippen LogP contribution in [0.3, 0.4) is 0 Å². The number of halogens is 1. The zero-order chi connectivity index (χ0) is 21.6. The SMILES string of the molecule is CC1CCN(CCCNC(=O)c2nc(CCS(=O)(=O)c3ccc(F)cc3)no2)CC1. The first-order valence-electron chi connectivity index (χ1n) is 10.1. The van der Waals surface area contributed by atoms with Gasteiger partial charge in [-0.25, -0.2) is 12.8 Å². The van der Waals surface area contributed by atoms with E-state index in [2.05, 4.69) is 27.3 Å². The van der Waals surface area contributed by atoms with E-state index in [1.807, 2.05) is 0 Å². The summed E-state index contributed by atoms with van der Waals surface area (Å²) in [6.07, 6.45) is 3.25. The third kappa shape index (κ3) is 6.33. The first-order chi connectivity index (χ1) is 14.3. The lowest BCUT2D eigenvalue weighted by molar-refractivity contribution is 0.0906. The number of aromatic nitrogens is 2. The van der Waals surface area contributed by atoms with Gasteiger partial charge in [-0.2, -0.15) is 4.98 Å². The van der Waals surface area contributed by atoms with Crippen LogP contribution in [-0.2, 0) is 16.3 Å². The van der Waals surface area contributed by atoms with Crippen LogP contribution in [0.1, 0.15) is 42.7 Å². The lowest BCUT2D eigenvalue weighted by atomic mass is 9.99. The molecule has 2 aromatic rings. The van der Waals surface area contributed by atoms with Gasteiger partial charge in [-0.15, -0.1) is 0 Å². The van der Waals surface area contributed by atoms with Gasteiger partial charge < -0.3 is 14.7 Å². The van der Waals surface area contributed by atoms with Crippen molar-refractivity contribution in [2.75, 3.05) is 31.9 Å². The van der Waals surface area contributed by atoms with E-state index in [1.54, 1.807) is 0 Å². The Kier molecular flexibility index (Phi) is 7.54. The van der Waals surface area contributed by atoms with E-state index in [0.29, 0.717) is 6.54 Å². The Hall–Kier alpha value is -2.33. The van der Waals surface area contributed by atoms with Crippen molar-refractivity contribution in [3.8, 4) is 0 Å². The van der Waals surface area contributed by atoms with E-state index in [1.165, 1.54) is 25.0 Å². The molecule has 1 aliphatic rings. The van der Waals surface area contributed by atoms with Crippen LogP contribution < -0.4 is 5.32 Å². The molecular weight excluding hydrogens is 411 g/mol. The van der Waals surface area contributed by atoms with Gasteiger partial charge in [0.25, 0.3) is 0 Å². The normalized spacial score (nSPS) is 15.9. The number of rotatable bonds is 9. The number of likely N-dealkylation sites (tertiary alicyclic amines) is 1. The lowest BCUT2D eigenvalue weighted by Crippen LogP contribution is -2.35. The van der Waals surface area contributed by atoms with Gasteiger partial charge in [-0.3, -0.25) is 4.79 Å². The quantitative estimate of drug-likeness (QED) is 0.472. The molecular formula is C20H27FN4O4S. The van der Waals surface area contributed by atoms with Crippen molar-refractivity contribution in [1.29, 1.82) is 0 Å². The third-order valence-corrected chi connectivity index (χ3v) is 6.97. The van der Waals surface area contributed by atoms with Gasteiger partial charge in [0.1, 0.15) is 5.82 Å². The van der Waals surface area contributed by atoms with Crippen molar-refractivity contribution >= 4 is 15.7 Å². The zero-order valence-electron chi connectivity index (χ0n) is 17.0. The molecule has 0 unspecified atom stereocenters. The second-order valence-corrected chi connectivity index (χ2v) is 9.78. The summed E-state index contributed by atoms with van der Waals surface area (Å²) >= 11 is 0. The molecule has 0 spiro atoms. The topological polar surface area (TPSA) is 105 Å². The van der Waals surface area contributed by atoms with Crippen LogP contribution in [0.4, 0.5) is 4.39 Å².